The van der Waals surface area contributed by atoms with Gasteiger partial charge in [0.2, 0.25) is 0 Å². The fraction of sp³-hybridized carbons (Fsp3) is 0.810. The van der Waals surface area contributed by atoms with Gasteiger partial charge in [0, 0.05) is 13.0 Å². The summed E-state index contributed by atoms with van der Waals surface area (Å²) < 4.78 is 25.6. The van der Waals surface area contributed by atoms with Gasteiger partial charge in [0.25, 0.3) is 0 Å². The first kappa shape index (κ1) is 24.3. The molecule has 2 nitrogen and oxygen atoms in total. The first-order chi connectivity index (χ1) is 12.0. The van der Waals surface area contributed by atoms with Crippen LogP contribution in [0.5, 0.6) is 0 Å². The van der Waals surface area contributed by atoms with Crippen LogP contribution in [0, 0.1) is 5.92 Å². The highest BCUT2D eigenvalue weighted by Gasteiger charge is 2.08. The number of unbranched alkanes of at least 4 members (excludes halogenated alkanes) is 2. The van der Waals surface area contributed by atoms with E-state index < -0.39 is 12.5 Å². The van der Waals surface area contributed by atoms with Crippen LogP contribution in [0.3, 0.4) is 0 Å². The van der Waals surface area contributed by atoms with Gasteiger partial charge in [0.1, 0.15) is 5.83 Å². The maximum Gasteiger partial charge on any atom is 0.103 e. The average molecular weight is 359 g/mol. The molecule has 0 amide bonds. The summed E-state index contributed by atoms with van der Waals surface area (Å²) in [6.07, 6.45) is 8.36. The Morgan fingerprint density at radius 3 is 2.48 bits per heavy atom. The zero-order valence-corrected chi connectivity index (χ0v) is 16.8. The number of hydrogen-bond acceptors (Lipinski definition) is 2. The summed E-state index contributed by atoms with van der Waals surface area (Å²) in [5.74, 6) is 0.268. The van der Waals surface area contributed by atoms with E-state index in [-0.39, 0.29) is 6.42 Å². The molecular formula is C21H40F2N2. The summed E-state index contributed by atoms with van der Waals surface area (Å²) in [6.45, 7) is 14.9. The van der Waals surface area contributed by atoms with Crippen LogP contribution < -0.4 is 5.32 Å². The second-order valence-corrected chi connectivity index (χ2v) is 7.12. The Bertz CT molecular complexity index is 356. The Hall–Kier alpha value is -0.740. The molecule has 0 aromatic carbocycles. The first-order valence-corrected chi connectivity index (χ1v) is 10.1. The standard InChI is InChI=1S/C21H40F2N2/c1-5-7-13-24-17-19(3)10-9-15-25(14-8-6-2)18-20(4)16-21(23)11-12-22/h16,19,24H,4-15,17-18H2,1-3H3/b21-16+. The largest absolute Gasteiger partial charge is 0.316 e. The molecule has 0 aliphatic rings. The number of alkyl halides is 1. The van der Waals surface area contributed by atoms with Crippen molar-refractivity contribution < 1.29 is 8.78 Å². The molecule has 0 fully saturated rings. The Morgan fingerprint density at radius 2 is 1.84 bits per heavy atom. The molecule has 0 aromatic heterocycles. The van der Waals surface area contributed by atoms with Crippen molar-refractivity contribution in [1.82, 2.24) is 10.2 Å². The van der Waals surface area contributed by atoms with Gasteiger partial charge >= 0.3 is 0 Å². The van der Waals surface area contributed by atoms with E-state index in [0.717, 1.165) is 51.0 Å². The Morgan fingerprint density at radius 1 is 1.16 bits per heavy atom. The third-order valence-corrected chi connectivity index (χ3v) is 4.32. The molecule has 0 aliphatic heterocycles. The lowest BCUT2D eigenvalue weighted by Crippen LogP contribution is -2.29. The van der Waals surface area contributed by atoms with Gasteiger partial charge in [-0.3, -0.25) is 9.29 Å². The Balaban J connectivity index is 4.17. The van der Waals surface area contributed by atoms with Gasteiger partial charge in [-0.2, -0.15) is 0 Å². The second-order valence-electron chi connectivity index (χ2n) is 7.12. The molecule has 25 heavy (non-hydrogen) atoms. The van der Waals surface area contributed by atoms with Crippen molar-refractivity contribution in [2.24, 2.45) is 5.92 Å². The van der Waals surface area contributed by atoms with E-state index in [1.54, 1.807) is 0 Å². The fourth-order valence-electron chi connectivity index (χ4n) is 2.78. The van der Waals surface area contributed by atoms with E-state index in [0.29, 0.717) is 12.5 Å². The van der Waals surface area contributed by atoms with Crippen LogP contribution in [0.4, 0.5) is 8.78 Å². The van der Waals surface area contributed by atoms with Crippen LogP contribution in [0.25, 0.3) is 0 Å². The van der Waals surface area contributed by atoms with E-state index in [1.807, 2.05) is 0 Å². The number of nitrogens with one attached hydrogen (secondary N) is 1. The summed E-state index contributed by atoms with van der Waals surface area (Å²) >= 11 is 0. The second kappa shape index (κ2) is 16.7. The molecule has 1 atom stereocenters. The van der Waals surface area contributed by atoms with Crippen LogP contribution in [0.2, 0.25) is 0 Å². The number of rotatable bonds is 17. The monoisotopic (exact) mass is 358 g/mol. The molecule has 148 valence electrons. The van der Waals surface area contributed by atoms with E-state index >= 15 is 0 Å². The summed E-state index contributed by atoms with van der Waals surface area (Å²) in [6, 6.07) is 0. The highest BCUT2D eigenvalue weighted by molar-refractivity contribution is 5.19. The van der Waals surface area contributed by atoms with E-state index in [9.17, 15) is 8.78 Å². The van der Waals surface area contributed by atoms with Gasteiger partial charge in [-0.05, 0) is 69.4 Å². The lowest BCUT2D eigenvalue weighted by atomic mass is 10.1. The third kappa shape index (κ3) is 15.2. The molecule has 0 aliphatic carbocycles. The minimum atomic E-state index is -0.653. The molecule has 0 saturated carbocycles. The van der Waals surface area contributed by atoms with E-state index in [4.69, 9.17) is 0 Å². The van der Waals surface area contributed by atoms with Crippen molar-refractivity contribution >= 4 is 0 Å². The minimum absolute atomic E-state index is 0.142. The van der Waals surface area contributed by atoms with Crippen LogP contribution in [0.1, 0.15) is 65.7 Å². The lowest BCUT2D eigenvalue weighted by molar-refractivity contribution is 0.278. The number of allylic oxidation sites excluding steroid dienone is 1. The smallest absolute Gasteiger partial charge is 0.103 e. The van der Waals surface area contributed by atoms with Gasteiger partial charge in [0.15, 0.2) is 0 Å². The van der Waals surface area contributed by atoms with Crippen LogP contribution in [0.15, 0.2) is 24.1 Å². The van der Waals surface area contributed by atoms with Gasteiger partial charge in [-0.15, -0.1) is 0 Å². The fourth-order valence-corrected chi connectivity index (χ4v) is 2.78. The van der Waals surface area contributed by atoms with Crippen molar-refractivity contribution in [2.45, 2.75) is 65.7 Å². The predicted molar refractivity (Wildman–Crippen MR) is 106 cm³/mol. The zero-order valence-electron chi connectivity index (χ0n) is 16.8. The molecule has 0 heterocycles. The Labute approximate surface area is 154 Å². The van der Waals surface area contributed by atoms with E-state index in [1.165, 1.54) is 25.3 Å². The van der Waals surface area contributed by atoms with Crippen molar-refractivity contribution in [3.8, 4) is 0 Å². The SMILES string of the molecule is C=C(/C=C(/F)CCF)CN(CCCC)CCCC(C)CNCCCC. The lowest BCUT2D eigenvalue weighted by Gasteiger charge is -2.23. The molecule has 1 unspecified atom stereocenters. The maximum absolute atomic E-state index is 13.4. The number of nitrogens with zero attached hydrogens (tertiary/aromatic N) is 1. The molecular weight excluding hydrogens is 318 g/mol. The van der Waals surface area contributed by atoms with Gasteiger partial charge in [-0.25, -0.2) is 4.39 Å². The topological polar surface area (TPSA) is 15.3 Å². The van der Waals surface area contributed by atoms with Crippen LogP contribution >= 0.6 is 0 Å². The highest BCUT2D eigenvalue weighted by atomic mass is 19.1. The Kier molecular flexibility index (Phi) is 16.2. The molecule has 0 bridgehead atoms. The molecule has 0 rings (SSSR count). The van der Waals surface area contributed by atoms with Gasteiger partial charge in [0.05, 0.1) is 6.67 Å². The van der Waals surface area contributed by atoms with Crippen molar-refractivity contribution in [3.05, 3.63) is 24.1 Å². The summed E-state index contributed by atoms with van der Waals surface area (Å²) in [7, 11) is 0. The molecule has 0 aromatic rings. The number of hydrogen-bond donors (Lipinski definition) is 1. The van der Waals surface area contributed by atoms with Crippen molar-refractivity contribution in [2.75, 3.05) is 39.4 Å². The van der Waals surface area contributed by atoms with Crippen molar-refractivity contribution in [1.29, 1.82) is 0 Å². The van der Waals surface area contributed by atoms with Crippen LogP contribution in [-0.4, -0.2) is 44.3 Å². The summed E-state index contributed by atoms with van der Waals surface area (Å²) in [5, 5.41) is 3.52. The summed E-state index contributed by atoms with van der Waals surface area (Å²) in [5.41, 5.74) is 0.733. The zero-order chi connectivity index (χ0) is 18.9. The van der Waals surface area contributed by atoms with Gasteiger partial charge < -0.3 is 5.32 Å². The van der Waals surface area contributed by atoms with Crippen molar-refractivity contribution in [3.63, 3.8) is 0 Å². The molecule has 0 spiro atoms. The molecule has 0 saturated heterocycles. The number of halogens is 2. The molecule has 0 radical (unpaired) electrons. The first-order valence-electron chi connectivity index (χ1n) is 10.1. The van der Waals surface area contributed by atoms with Crippen LogP contribution in [-0.2, 0) is 0 Å². The molecule has 1 N–H and O–H groups in total. The minimum Gasteiger partial charge on any atom is -0.316 e. The molecule has 4 heteroatoms. The predicted octanol–water partition coefficient (Wildman–Crippen LogP) is 5.66. The van der Waals surface area contributed by atoms with E-state index in [2.05, 4.69) is 37.6 Å². The summed E-state index contributed by atoms with van der Waals surface area (Å²) in [4.78, 5) is 2.35. The average Bonchev–Trinajstić information content (AvgIpc) is 2.56. The normalized spacial score (nSPS) is 13.4. The van der Waals surface area contributed by atoms with Gasteiger partial charge in [-0.1, -0.05) is 40.2 Å². The maximum atomic E-state index is 13.4. The highest BCUT2D eigenvalue weighted by Crippen LogP contribution is 2.11. The quantitative estimate of drug-likeness (QED) is 0.266. The third-order valence-electron chi connectivity index (χ3n) is 4.32.